The van der Waals surface area contributed by atoms with Crippen molar-refractivity contribution >= 4 is 18.2 Å². The van der Waals surface area contributed by atoms with Crippen molar-refractivity contribution in [3.05, 3.63) is 59.7 Å². The van der Waals surface area contributed by atoms with Crippen LogP contribution in [0.5, 0.6) is 0 Å². The van der Waals surface area contributed by atoms with Crippen molar-refractivity contribution in [3.63, 3.8) is 0 Å². The molecule has 2 aromatic carbocycles. The van der Waals surface area contributed by atoms with E-state index in [0.29, 0.717) is 0 Å². The van der Waals surface area contributed by atoms with Crippen LogP contribution in [0, 0.1) is 0 Å². The van der Waals surface area contributed by atoms with E-state index in [2.05, 4.69) is 29.6 Å². The Labute approximate surface area is 199 Å². The molecule has 8 nitrogen and oxygen atoms in total. The third-order valence-corrected chi connectivity index (χ3v) is 6.07. The molecule has 8 heteroatoms. The van der Waals surface area contributed by atoms with Gasteiger partial charge in [0.2, 0.25) is 0 Å². The van der Waals surface area contributed by atoms with E-state index in [1.54, 1.807) is 20.8 Å². The zero-order valence-electron chi connectivity index (χ0n) is 19.9. The molecule has 4 rings (SSSR count). The second kappa shape index (κ2) is 9.37. The van der Waals surface area contributed by atoms with E-state index in [-0.39, 0.29) is 25.5 Å². The van der Waals surface area contributed by atoms with E-state index in [4.69, 9.17) is 14.2 Å². The lowest BCUT2D eigenvalue weighted by Crippen LogP contribution is -2.44. The number of methoxy groups -OCH3 is 1. The van der Waals surface area contributed by atoms with Crippen molar-refractivity contribution < 1.29 is 28.6 Å². The van der Waals surface area contributed by atoms with Crippen LogP contribution >= 0.6 is 0 Å². The Bertz CT molecular complexity index is 1050. The molecule has 2 atom stereocenters. The SMILES string of the molecule is COC(=O)[C@@H]1C[C@@H](NC(=O)OCC2c3ccccc3-c3ccccc32)CN1C(=O)OC(C)(C)C. The van der Waals surface area contributed by atoms with Gasteiger partial charge in [-0.1, -0.05) is 48.5 Å². The molecule has 1 heterocycles. The number of fused-ring (bicyclic) bond motifs is 3. The van der Waals surface area contributed by atoms with Gasteiger partial charge in [0.25, 0.3) is 0 Å². The van der Waals surface area contributed by atoms with Crippen LogP contribution in [0.2, 0.25) is 0 Å². The molecule has 0 unspecified atom stereocenters. The summed E-state index contributed by atoms with van der Waals surface area (Å²) in [7, 11) is 1.27. The summed E-state index contributed by atoms with van der Waals surface area (Å²) in [5.74, 6) is -0.606. The molecule has 34 heavy (non-hydrogen) atoms. The Morgan fingerprint density at radius 2 is 1.59 bits per heavy atom. The second-order valence-corrected chi connectivity index (χ2v) is 9.57. The predicted molar refractivity (Wildman–Crippen MR) is 125 cm³/mol. The molecular weight excluding hydrogens is 436 g/mol. The lowest BCUT2D eigenvalue weighted by atomic mass is 9.98. The van der Waals surface area contributed by atoms with Crippen LogP contribution in [0.4, 0.5) is 9.59 Å². The molecule has 1 fully saturated rings. The Balaban J connectivity index is 1.40. The summed E-state index contributed by atoms with van der Waals surface area (Å²) < 4.78 is 15.9. The van der Waals surface area contributed by atoms with Crippen molar-refractivity contribution in [2.75, 3.05) is 20.3 Å². The number of amides is 2. The number of hydrogen-bond acceptors (Lipinski definition) is 6. The van der Waals surface area contributed by atoms with E-state index in [1.165, 1.54) is 12.0 Å². The lowest BCUT2D eigenvalue weighted by molar-refractivity contribution is -0.145. The van der Waals surface area contributed by atoms with Crippen molar-refractivity contribution in [2.45, 2.75) is 50.8 Å². The first-order chi connectivity index (χ1) is 16.2. The van der Waals surface area contributed by atoms with Crippen molar-refractivity contribution in [3.8, 4) is 11.1 Å². The molecule has 0 saturated carbocycles. The zero-order chi connectivity index (χ0) is 24.5. The molecule has 0 bridgehead atoms. The summed E-state index contributed by atoms with van der Waals surface area (Å²) in [6, 6.07) is 14.9. The number of nitrogens with zero attached hydrogens (tertiary/aromatic N) is 1. The van der Waals surface area contributed by atoms with Gasteiger partial charge in [0, 0.05) is 18.9 Å². The molecule has 1 aliphatic carbocycles. The number of carbonyl (C=O) groups excluding carboxylic acids is 3. The first kappa shape index (κ1) is 23.6. The van der Waals surface area contributed by atoms with Gasteiger partial charge in [-0.15, -0.1) is 0 Å². The number of nitrogens with one attached hydrogen (secondary N) is 1. The van der Waals surface area contributed by atoms with Crippen LogP contribution < -0.4 is 5.32 Å². The fourth-order valence-corrected chi connectivity index (χ4v) is 4.63. The van der Waals surface area contributed by atoms with Crippen LogP contribution in [0.1, 0.15) is 44.2 Å². The minimum absolute atomic E-state index is 0.0530. The smallest absolute Gasteiger partial charge is 0.411 e. The van der Waals surface area contributed by atoms with Crippen molar-refractivity contribution in [1.29, 1.82) is 0 Å². The summed E-state index contributed by atoms with van der Waals surface area (Å²) in [6.45, 7) is 5.56. The highest BCUT2D eigenvalue weighted by Crippen LogP contribution is 2.44. The molecule has 180 valence electrons. The summed E-state index contributed by atoms with van der Waals surface area (Å²) in [5.41, 5.74) is 3.84. The maximum atomic E-state index is 12.6. The molecule has 0 aromatic heterocycles. The predicted octanol–water partition coefficient (Wildman–Crippen LogP) is 4.08. The number of benzene rings is 2. The van der Waals surface area contributed by atoms with Gasteiger partial charge in [0.1, 0.15) is 18.2 Å². The first-order valence-electron chi connectivity index (χ1n) is 11.4. The van der Waals surface area contributed by atoms with Gasteiger partial charge in [-0.3, -0.25) is 4.90 Å². The summed E-state index contributed by atoms with van der Waals surface area (Å²) in [6.07, 6.45) is -1.00. The molecule has 0 spiro atoms. The topological polar surface area (TPSA) is 94.2 Å². The van der Waals surface area contributed by atoms with E-state index in [9.17, 15) is 14.4 Å². The largest absolute Gasteiger partial charge is 0.467 e. The summed E-state index contributed by atoms with van der Waals surface area (Å²) >= 11 is 0. The third-order valence-electron chi connectivity index (χ3n) is 6.07. The average Bonchev–Trinajstić information content (AvgIpc) is 3.35. The van der Waals surface area contributed by atoms with Gasteiger partial charge in [-0.05, 0) is 43.0 Å². The Morgan fingerprint density at radius 1 is 1.00 bits per heavy atom. The number of carbonyl (C=O) groups is 3. The van der Waals surface area contributed by atoms with Crippen molar-refractivity contribution in [1.82, 2.24) is 10.2 Å². The van der Waals surface area contributed by atoms with E-state index in [0.717, 1.165) is 22.3 Å². The summed E-state index contributed by atoms with van der Waals surface area (Å²) in [4.78, 5) is 38.8. The van der Waals surface area contributed by atoms with Crippen LogP contribution in [-0.4, -0.2) is 61.0 Å². The van der Waals surface area contributed by atoms with Crippen LogP contribution in [0.3, 0.4) is 0 Å². The monoisotopic (exact) mass is 466 g/mol. The molecule has 1 saturated heterocycles. The van der Waals surface area contributed by atoms with Crippen molar-refractivity contribution in [2.24, 2.45) is 0 Å². The third kappa shape index (κ3) is 4.85. The number of alkyl carbamates (subject to hydrolysis) is 1. The van der Waals surface area contributed by atoms with Gasteiger partial charge < -0.3 is 19.5 Å². The highest BCUT2D eigenvalue weighted by molar-refractivity contribution is 5.83. The number of likely N-dealkylation sites (tertiary alicyclic amines) is 1. The second-order valence-electron chi connectivity index (χ2n) is 9.57. The number of rotatable bonds is 4. The maximum absolute atomic E-state index is 12.6. The van der Waals surface area contributed by atoms with Gasteiger partial charge >= 0.3 is 18.2 Å². The molecule has 1 aliphatic heterocycles. The molecule has 2 aliphatic rings. The van der Waals surface area contributed by atoms with Crippen LogP contribution in [0.25, 0.3) is 11.1 Å². The first-order valence-corrected chi connectivity index (χ1v) is 11.4. The Hall–Kier alpha value is -3.55. The van der Waals surface area contributed by atoms with Crippen LogP contribution in [-0.2, 0) is 19.0 Å². The zero-order valence-corrected chi connectivity index (χ0v) is 19.9. The van der Waals surface area contributed by atoms with Gasteiger partial charge in [0.05, 0.1) is 13.2 Å². The highest BCUT2D eigenvalue weighted by atomic mass is 16.6. The molecule has 0 radical (unpaired) electrons. The normalized spacial score (nSPS) is 19.2. The van der Waals surface area contributed by atoms with Gasteiger partial charge in [0.15, 0.2) is 0 Å². The highest BCUT2D eigenvalue weighted by Gasteiger charge is 2.43. The number of hydrogen-bond donors (Lipinski definition) is 1. The molecular formula is C26H30N2O6. The Morgan fingerprint density at radius 3 is 2.15 bits per heavy atom. The standard InChI is InChI=1S/C26H30N2O6/c1-26(2,3)34-25(31)28-14-16(13-22(28)23(29)32-4)27-24(30)33-15-21-19-11-7-5-9-17(19)18-10-6-8-12-20(18)21/h5-12,16,21-22H,13-15H2,1-4H3,(H,27,30)/t16-,22+/m1/s1. The number of ether oxygens (including phenoxy) is 3. The van der Waals surface area contributed by atoms with E-state index in [1.807, 2.05) is 24.3 Å². The van der Waals surface area contributed by atoms with Gasteiger partial charge in [-0.25, -0.2) is 14.4 Å². The maximum Gasteiger partial charge on any atom is 0.411 e. The molecule has 1 N–H and O–H groups in total. The average molecular weight is 467 g/mol. The van der Waals surface area contributed by atoms with E-state index < -0.39 is 35.8 Å². The van der Waals surface area contributed by atoms with Gasteiger partial charge in [-0.2, -0.15) is 0 Å². The summed E-state index contributed by atoms with van der Waals surface area (Å²) in [5, 5.41) is 2.79. The Kier molecular flexibility index (Phi) is 6.50. The fraction of sp³-hybridized carbons (Fsp3) is 0.423. The fourth-order valence-electron chi connectivity index (χ4n) is 4.63. The minimum atomic E-state index is -0.835. The minimum Gasteiger partial charge on any atom is -0.467 e. The lowest BCUT2D eigenvalue weighted by Gasteiger charge is -2.27. The van der Waals surface area contributed by atoms with Crippen LogP contribution in [0.15, 0.2) is 48.5 Å². The number of esters is 1. The molecule has 2 amide bonds. The van der Waals surface area contributed by atoms with E-state index >= 15 is 0 Å². The molecule has 2 aromatic rings. The quantitative estimate of drug-likeness (QED) is 0.539.